The van der Waals surface area contributed by atoms with E-state index in [-0.39, 0.29) is 11.4 Å². The molecule has 158 valence electrons. The van der Waals surface area contributed by atoms with Crippen LogP contribution < -0.4 is 10.5 Å². The predicted octanol–water partition coefficient (Wildman–Crippen LogP) is 4.00. The van der Waals surface area contributed by atoms with Gasteiger partial charge in [-0.15, -0.1) is 11.3 Å². The summed E-state index contributed by atoms with van der Waals surface area (Å²) < 4.78 is 15.3. The zero-order valence-electron chi connectivity index (χ0n) is 17.4. The van der Waals surface area contributed by atoms with E-state index in [0.717, 1.165) is 62.2 Å². The standard InChI is InChI=1S/C23H27FN4OS/c1-2-26-12-14-27(15-13-26)23-25-21-20(18-6-4-3-5-7-19(18)30-21)22(29)28(23)17-10-8-16(24)9-11-17/h8-11H,2-7,12-15H2,1H3. The Labute approximate surface area is 179 Å². The Hall–Kier alpha value is -2.25. The summed E-state index contributed by atoms with van der Waals surface area (Å²) in [5, 5.41) is 0.775. The average Bonchev–Trinajstić information content (AvgIpc) is 2.96. The molecule has 2 aliphatic rings. The van der Waals surface area contributed by atoms with E-state index in [1.807, 2.05) is 0 Å². The van der Waals surface area contributed by atoms with Gasteiger partial charge in [-0.1, -0.05) is 13.3 Å². The molecule has 1 aliphatic carbocycles. The molecule has 1 fully saturated rings. The van der Waals surface area contributed by atoms with Gasteiger partial charge < -0.3 is 9.80 Å². The lowest BCUT2D eigenvalue weighted by molar-refractivity contribution is 0.269. The van der Waals surface area contributed by atoms with Crippen LogP contribution in [0.1, 0.15) is 36.6 Å². The van der Waals surface area contributed by atoms with E-state index < -0.39 is 0 Å². The van der Waals surface area contributed by atoms with E-state index in [4.69, 9.17) is 4.98 Å². The third-order valence-electron chi connectivity index (χ3n) is 6.41. The molecule has 1 aliphatic heterocycles. The summed E-state index contributed by atoms with van der Waals surface area (Å²) in [6, 6.07) is 6.19. The summed E-state index contributed by atoms with van der Waals surface area (Å²) >= 11 is 1.70. The highest BCUT2D eigenvalue weighted by Gasteiger charge is 2.26. The average molecular weight is 427 g/mol. The molecule has 0 spiro atoms. The second-order valence-corrected chi connectivity index (χ2v) is 9.28. The number of benzene rings is 1. The fraction of sp³-hybridized carbons (Fsp3) is 0.478. The van der Waals surface area contributed by atoms with Crippen molar-refractivity contribution >= 4 is 27.5 Å². The van der Waals surface area contributed by atoms with E-state index in [0.29, 0.717) is 11.6 Å². The predicted molar refractivity (Wildman–Crippen MR) is 121 cm³/mol. The molecule has 0 atom stereocenters. The highest BCUT2D eigenvalue weighted by Crippen LogP contribution is 2.34. The monoisotopic (exact) mass is 426 g/mol. The van der Waals surface area contributed by atoms with Gasteiger partial charge in [0.15, 0.2) is 0 Å². The van der Waals surface area contributed by atoms with E-state index >= 15 is 0 Å². The highest BCUT2D eigenvalue weighted by atomic mass is 32.1. The smallest absolute Gasteiger partial charge is 0.268 e. The van der Waals surface area contributed by atoms with Crippen LogP contribution in [0.15, 0.2) is 29.1 Å². The Morgan fingerprint density at radius 3 is 2.50 bits per heavy atom. The van der Waals surface area contributed by atoms with Gasteiger partial charge in [0.1, 0.15) is 10.6 Å². The summed E-state index contributed by atoms with van der Waals surface area (Å²) in [6.07, 6.45) is 5.50. The van der Waals surface area contributed by atoms with Crippen molar-refractivity contribution in [2.24, 2.45) is 0 Å². The second kappa shape index (κ2) is 8.12. The van der Waals surface area contributed by atoms with Crippen LogP contribution in [-0.4, -0.2) is 47.2 Å². The molecule has 5 nitrogen and oxygen atoms in total. The van der Waals surface area contributed by atoms with Gasteiger partial charge in [0, 0.05) is 31.1 Å². The van der Waals surface area contributed by atoms with Gasteiger partial charge in [-0.25, -0.2) is 13.9 Å². The van der Waals surface area contributed by atoms with Crippen molar-refractivity contribution in [3.05, 3.63) is 50.9 Å². The van der Waals surface area contributed by atoms with E-state index in [1.54, 1.807) is 28.0 Å². The number of fused-ring (bicyclic) bond motifs is 3. The van der Waals surface area contributed by atoms with Crippen LogP contribution in [-0.2, 0) is 12.8 Å². The van der Waals surface area contributed by atoms with Gasteiger partial charge in [-0.05, 0) is 62.1 Å². The largest absolute Gasteiger partial charge is 0.339 e. The Bertz CT molecular complexity index is 1110. The molecule has 1 saturated heterocycles. The molecule has 0 unspecified atom stereocenters. The number of aromatic nitrogens is 2. The quantitative estimate of drug-likeness (QED) is 0.594. The molecule has 7 heteroatoms. The first-order chi connectivity index (χ1) is 14.7. The summed E-state index contributed by atoms with van der Waals surface area (Å²) in [5.74, 6) is 0.384. The molecule has 3 aromatic rings. The Morgan fingerprint density at radius 1 is 1.03 bits per heavy atom. The van der Waals surface area contributed by atoms with Crippen molar-refractivity contribution in [3.63, 3.8) is 0 Å². The van der Waals surface area contributed by atoms with E-state index in [1.165, 1.54) is 35.4 Å². The maximum absolute atomic E-state index is 13.8. The zero-order chi connectivity index (χ0) is 20.7. The normalized spacial score (nSPS) is 17.9. The van der Waals surface area contributed by atoms with Gasteiger partial charge >= 0.3 is 0 Å². The molecule has 0 radical (unpaired) electrons. The molecule has 30 heavy (non-hydrogen) atoms. The molecule has 3 heterocycles. The minimum atomic E-state index is -0.302. The number of halogens is 1. The van der Waals surface area contributed by atoms with Gasteiger partial charge in [-0.2, -0.15) is 0 Å². The third-order valence-corrected chi connectivity index (χ3v) is 7.59. The summed E-state index contributed by atoms with van der Waals surface area (Å²) in [4.78, 5) is 25.7. The van der Waals surface area contributed by atoms with E-state index in [2.05, 4.69) is 16.7 Å². The number of likely N-dealkylation sites (N-methyl/N-ethyl adjacent to an activating group) is 1. The molecule has 1 aromatic carbocycles. The summed E-state index contributed by atoms with van der Waals surface area (Å²) in [5.41, 5.74) is 1.86. The van der Waals surface area contributed by atoms with Crippen LogP contribution in [0.3, 0.4) is 0 Å². The summed E-state index contributed by atoms with van der Waals surface area (Å²) in [6.45, 7) is 6.77. The fourth-order valence-corrected chi connectivity index (χ4v) is 5.92. The topological polar surface area (TPSA) is 41.4 Å². The van der Waals surface area contributed by atoms with Gasteiger partial charge in [-0.3, -0.25) is 4.79 Å². The maximum atomic E-state index is 13.8. The first kappa shape index (κ1) is 19.7. The zero-order valence-corrected chi connectivity index (χ0v) is 18.2. The number of rotatable bonds is 3. The Morgan fingerprint density at radius 2 is 1.77 bits per heavy atom. The second-order valence-electron chi connectivity index (χ2n) is 8.19. The molecule has 0 N–H and O–H groups in total. The number of hydrogen-bond donors (Lipinski definition) is 0. The molecular weight excluding hydrogens is 399 g/mol. The minimum Gasteiger partial charge on any atom is -0.339 e. The number of thiophene rings is 1. The molecule has 0 saturated carbocycles. The van der Waals surface area contributed by atoms with Crippen LogP contribution in [0.5, 0.6) is 0 Å². The third kappa shape index (κ3) is 3.44. The Balaban J connectivity index is 1.70. The fourth-order valence-electron chi connectivity index (χ4n) is 4.67. The van der Waals surface area contributed by atoms with Gasteiger partial charge in [0.05, 0.1) is 11.1 Å². The van der Waals surface area contributed by atoms with Crippen LogP contribution in [0.2, 0.25) is 0 Å². The van der Waals surface area contributed by atoms with Crippen LogP contribution >= 0.6 is 11.3 Å². The van der Waals surface area contributed by atoms with Crippen LogP contribution in [0.25, 0.3) is 15.9 Å². The van der Waals surface area contributed by atoms with Gasteiger partial charge in [0.2, 0.25) is 5.95 Å². The molecule has 0 bridgehead atoms. The number of piperazine rings is 1. The Kier molecular flexibility index (Phi) is 5.33. The number of aryl methyl sites for hydroxylation is 2. The SMILES string of the molecule is CCN1CCN(c2nc3sc4c(c3c(=O)n2-c2ccc(F)cc2)CCCCC4)CC1. The number of nitrogens with zero attached hydrogens (tertiary/aromatic N) is 4. The molecule has 0 amide bonds. The van der Waals surface area contributed by atoms with E-state index in [9.17, 15) is 9.18 Å². The number of anilines is 1. The molecule has 5 rings (SSSR count). The van der Waals surface area contributed by atoms with Crippen molar-refractivity contribution in [2.75, 3.05) is 37.6 Å². The maximum Gasteiger partial charge on any atom is 0.268 e. The van der Waals surface area contributed by atoms with Crippen molar-refractivity contribution in [3.8, 4) is 5.69 Å². The summed E-state index contributed by atoms with van der Waals surface area (Å²) in [7, 11) is 0. The lowest BCUT2D eigenvalue weighted by Crippen LogP contribution is -2.48. The van der Waals surface area contributed by atoms with Crippen LogP contribution in [0, 0.1) is 5.82 Å². The van der Waals surface area contributed by atoms with Crippen molar-refractivity contribution in [2.45, 2.75) is 39.0 Å². The first-order valence-electron chi connectivity index (χ1n) is 11.0. The molecular formula is C23H27FN4OS. The van der Waals surface area contributed by atoms with Gasteiger partial charge in [0.25, 0.3) is 5.56 Å². The first-order valence-corrected chi connectivity index (χ1v) is 11.8. The van der Waals surface area contributed by atoms with Crippen molar-refractivity contribution < 1.29 is 4.39 Å². The lowest BCUT2D eigenvalue weighted by Gasteiger charge is -2.35. The minimum absolute atomic E-state index is 0.0149. The highest BCUT2D eigenvalue weighted by molar-refractivity contribution is 7.18. The van der Waals surface area contributed by atoms with Crippen molar-refractivity contribution in [1.82, 2.24) is 14.5 Å². The van der Waals surface area contributed by atoms with Crippen LogP contribution in [0.4, 0.5) is 10.3 Å². The van der Waals surface area contributed by atoms with Crippen molar-refractivity contribution in [1.29, 1.82) is 0 Å². The number of hydrogen-bond acceptors (Lipinski definition) is 5. The molecule has 2 aromatic heterocycles. The lowest BCUT2D eigenvalue weighted by atomic mass is 10.1.